The van der Waals surface area contributed by atoms with Crippen LogP contribution in [-0.4, -0.2) is 22.0 Å². The fraction of sp³-hybridized carbons (Fsp3) is 0. The summed E-state index contributed by atoms with van der Waals surface area (Å²) in [5.41, 5.74) is 7.76. The molecule has 0 saturated carbocycles. The van der Waals surface area contributed by atoms with Crippen molar-refractivity contribution in [1.29, 1.82) is 0 Å². The summed E-state index contributed by atoms with van der Waals surface area (Å²) in [5.74, 6) is -1.58. The molecule has 2 aromatic carbocycles. The van der Waals surface area contributed by atoms with E-state index in [0.717, 1.165) is 10.9 Å². The third-order valence-corrected chi connectivity index (χ3v) is 3.39. The first-order valence-electron chi connectivity index (χ1n) is 6.59. The zero-order chi connectivity index (χ0) is 15.7. The number of nitrogens with two attached hydrogens (primary N) is 1. The minimum atomic E-state index is -1.01. The maximum Gasteiger partial charge on any atom is 0.335 e. The molecule has 0 spiro atoms. The van der Waals surface area contributed by atoms with Gasteiger partial charge in [0.05, 0.1) is 22.3 Å². The predicted molar refractivity (Wildman–Crippen MR) is 82.7 cm³/mol. The summed E-state index contributed by atoms with van der Waals surface area (Å²) in [4.78, 5) is 27.1. The number of carbonyl (C=O) groups is 2. The molecule has 0 saturated heterocycles. The lowest BCUT2D eigenvalue weighted by atomic mass is 10.0. The molecule has 0 bridgehead atoms. The average molecular weight is 292 g/mol. The van der Waals surface area contributed by atoms with Gasteiger partial charge in [-0.25, -0.2) is 9.78 Å². The molecule has 0 fully saturated rings. The van der Waals surface area contributed by atoms with E-state index in [0.29, 0.717) is 16.8 Å². The Morgan fingerprint density at radius 3 is 2.32 bits per heavy atom. The normalized spacial score (nSPS) is 10.5. The van der Waals surface area contributed by atoms with Crippen molar-refractivity contribution >= 4 is 22.8 Å². The van der Waals surface area contributed by atoms with Gasteiger partial charge in [-0.05, 0) is 24.3 Å². The Balaban J connectivity index is 2.21. The number of fused-ring (bicyclic) bond motifs is 1. The van der Waals surface area contributed by atoms with E-state index in [1.165, 1.54) is 12.1 Å². The van der Waals surface area contributed by atoms with E-state index in [1.807, 2.05) is 24.3 Å². The molecule has 0 atom stereocenters. The van der Waals surface area contributed by atoms with Crippen LogP contribution < -0.4 is 5.73 Å². The molecule has 5 heteroatoms. The van der Waals surface area contributed by atoms with Crippen molar-refractivity contribution in [3.05, 3.63) is 65.7 Å². The minimum Gasteiger partial charge on any atom is -0.478 e. The second kappa shape index (κ2) is 5.29. The van der Waals surface area contributed by atoms with Gasteiger partial charge < -0.3 is 10.8 Å². The van der Waals surface area contributed by atoms with E-state index >= 15 is 0 Å². The number of primary amides is 1. The van der Waals surface area contributed by atoms with Gasteiger partial charge in [-0.15, -0.1) is 0 Å². The highest BCUT2D eigenvalue weighted by Crippen LogP contribution is 2.25. The molecule has 1 aromatic heterocycles. The molecule has 0 aliphatic carbocycles. The largest absolute Gasteiger partial charge is 0.478 e. The number of nitrogens with zero attached hydrogens (tertiary/aromatic N) is 1. The molecule has 3 rings (SSSR count). The Hall–Kier alpha value is -3.21. The van der Waals surface area contributed by atoms with Gasteiger partial charge in [0, 0.05) is 10.9 Å². The summed E-state index contributed by atoms with van der Waals surface area (Å²) in [6.07, 6.45) is 0. The number of aromatic nitrogens is 1. The number of carbonyl (C=O) groups excluding carboxylic acids is 1. The van der Waals surface area contributed by atoms with Crippen LogP contribution in [0, 0.1) is 0 Å². The van der Waals surface area contributed by atoms with Gasteiger partial charge in [0.2, 0.25) is 0 Å². The second-order valence-corrected chi connectivity index (χ2v) is 4.82. The number of hydrogen-bond donors (Lipinski definition) is 2. The maximum atomic E-state index is 11.7. The quantitative estimate of drug-likeness (QED) is 0.776. The molecular formula is C17H12N2O3. The standard InChI is InChI=1S/C17H12N2O3/c18-16(20)13-9-12-3-1-2-4-14(12)19-15(13)10-5-7-11(8-6-10)17(21)22/h1-9H,(H2,18,20)(H,21,22). The van der Waals surface area contributed by atoms with Crippen molar-refractivity contribution in [3.8, 4) is 11.3 Å². The lowest BCUT2D eigenvalue weighted by Crippen LogP contribution is -2.13. The van der Waals surface area contributed by atoms with Crippen molar-refractivity contribution in [2.45, 2.75) is 0 Å². The minimum absolute atomic E-state index is 0.171. The highest BCUT2D eigenvalue weighted by Gasteiger charge is 2.14. The molecule has 3 N–H and O–H groups in total. The fourth-order valence-corrected chi connectivity index (χ4v) is 2.29. The van der Waals surface area contributed by atoms with E-state index in [9.17, 15) is 9.59 Å². The number of amides is 1. The number of carboxylic acids is 1. The fourth-order valence-electron chi connectivity index (χ4n) is 2.29. The van der Waals surface area contributed by atoms with Crippen LogP contribution in [-0.2, 0) is 0 Å². The molecule has 3 aromatic rings. The molecular weight excluding hydrogens is 280 g/mol. The summed E-state index contributed by atoms with van der Waals surface area (Å²) >= 11 is 0. The van der Waals surface area contributed by atoms with Gasteiger partial charge in [-0.3, -0.25) is 4.79 Å². The van der Waals surface area contributed by atoms with Crippen LogP contribution in [0.2, 0.25) is 0 Å². The Labute approximate surface area is 126 Å². The first-order chi connectivity index (χ1) is 10.6. The number of carboxylic acid groups (broad SMARTS) is 1. The van der Waals surface area contributed by atoms with E-state index in [-0.39, 0.29) is 5.56 Å². The molecule has 0 aliphatic heterocycles. The number of pyridine rings is 1. The zero-order valence-corrected chi connectivity index (χ0v) is 11.5. The molecule has 0 radical (unpaired) electrons. The van der Waals surface area contributed by atoms with Gasteiger partial charge in [0.1, 0.15) is 0 Å². The lowest BCUT2D eigenvalue weighted by Gasteiger charge is -2.09. The van der Waals surface area contributed by atoms with Crippen LogP contribution in [0.4, 0.5) is 0 Å². The zero-order valence-electron chi connectivity index (χ0n) is 11.5. The van der Waals surface area contributed by atoms with E-state index in [1.54, 1.807) is 18.2 Å². The Bertz CT molecular complexity index is 886. The third-order valence-electron chi connectivity index (χ3n) is 3.39. The smallest absolute Gasteiger partial charge is 0.335 e. The van der Waals surface area contributed by atoms with E-state index < -0.39 is 11.9 Å². The Morgan fingerprint density at radius 1 is 1.00 bits per heavy atom. The molecule has 5 nitrogen and oxygen atoms in total. The second-order valence-electron chi connectivity index (χ2n) is 4.82. The number of hydrogen-bond acceptors (Lipinski definition) is 3. The Morgan fingerprint density at radius 2 is 1.68 bits per heavy atom. The monoisotopic (exact) mass is 292 g/mol. The highest BCUT2D eigenvalue weighted by atomic mass is 16.4. The summed E-state index contributed by atoms with van der Waals surface area (Å²) in [5, 5.41) is 9.76. The number of para-hydroxylation sites is 1. The summed E-state index contributed by atoms with van der Waals surface area (Å²) in [7, 11) is 0. The lowest BCUT2D eigenvalue weighted by molar-refractivity contribution is 0.0696. The van der Waals surface area contributed by atoms with Gasteiger partial charge >= 0.3 is 5.97 Å². The molecule has 1 amide bonds. The molecule has 22 heavy (non-hydrogen) atoms. The topological polar surface area (TPSA) is 93.3 Å². The molecule has 108 valence electrons. The van der Waals surface area contributed by atoms with E-state index in [4.69, 9.17) is 10.8 Å². The maximum absolute atomic E-state index is 11.7. The molecule has 0 aliphatic rings. The molecule has 1 heterocycles. The summed E-state index contributed by atoms with van der Waals surface area (Å²) in [6, 6.07) is 15.3. The number of aromatic carboxylic acids is 1. The van der Waals surface area contributed by atoms with Crippen LogP contribution in [0.1, 0.15) is 20.7 Å². The summed E-state index contributed by atoms with van der Waals surface area (Å²) in [6.45, 7) is 0. The SMILES string of the molecule is NC(=O)c1cc2ccccc2nc1-c1ccc(C(=O)O)cc1. The van der Waals surface area contributed by atoms with Crippen LogP contribution >= 0.6 is 0 Å². The van der Waals surface area contributed by atoms with Crippen LogP contribution in [0.5, 0.6) is 0 Å². The van der Waals surface area contributed by atoms with Gasteiger partial charge in [0.25, 0.3) is 5.91 Å². The van der Waals surface area contributed by atoms with Crippen LogP contribution in [0.3, 0.4) is 0 Å². The van der Waals surface area contributed by atoms with Crippen molar-refractivity contribution in [1.82, 2.24) is 4.98 Å². The van der Waals surface area contributed by atoms with E-state index in [2.05, 4.69) is 4.98 Å². The van der Waals surface area contributed by atoms with Crippen molar-refractivity contribution in [3.63, 3.8) is 0 Å². The predicted octanol–water partition coefficient (Wildman–Crippen LogP) is 2.70. The van der Waals surface area contributed by atoms with Gasteiger partial charge in [-0.1, -0.05) is 30.3 Å². The molecule has 0 unspecified atom stereocenters. The van der Waals surface area contributed by atoms with Crippen molar-refractivity contribution in [2.75, 3.05) is 0 Å². The first kappa shape index (κ1) is 13.8. The van der Waals surface area contributed by atoms with Crippen LogP contribution in [0.15, 0.2) is 54.6 Å². The number of benzene rings is 2. The number of rotatable bonds is 3. The summed E-state index contributed by atoms with van der Waals surface area (Å²) < 4.78 is 0. The van der Waals surface area contributed by atoms with Crippen LogP contribution in [0.25, 0.3) is 22.2 Å². The first-order valence-corrected chi connectivity index (χ1v) is 6.59. The average Bonchev–Trinajstić information content (AvgIpc) is 2.53. The Kier molecular flexibility index (Phi) is 3.31. The van der Waals surface area contributed by atoms with Crippen molar-refractivity contribution in [2.24, 2.45) is 5.73 Å². The van der Waals surface area contributed by atoms with Crippen molar-refractivity contribution < 1.29 is 14.7 Å². The van der Waals surface area contributed by atoms with Gasteiger partial charge in [0.15, 0.2) is 0 Å². The van der Waals surface area contributed by atoms with Gasteiger partial charge in [-0.2, -0.15) is 0 Å². The third kappa shape index (κ3) is 2.40. The highest BCUT2D eigenvalue weighted by molar-refractivity contribution is 6.02.